The Morgan fingerprint density at radius 3 is 2.57 bits per heavy atom. The topological polar surface area (TPSA) is 80.4 Å². The van der Waals surface area contributed by atoms with Crippen LogP contribution >= 0.6 is 15.9 Å². The van der Waals surface area contributed by atoms with Crippen molar-refractivity contribution in [1.29, 1.82) is 0 Å². The number of carboxylic acids is 1. The van der Waals surface area contributed by atoms with Gasteiger partial charge in [-0.3, -0.25) is 14.9 Å². The van der Waals surface area contributed by atoms with E-state index in [9.17, 15) is 20.0 Å². The molecule has 0 radical (unpaired) electrons. The van der Waals surface area contributed by atoms with Gasteiger partial charge in [-0.05, 0) is 24.1 Å². The first kappa shape index (κ1) is 15.2. The number of benzene rings is 2. The van der Waals surface area contributed by atoms with Crippen LogP contribution in [0.25, 0.3) is 0 Å². The largest absolute Gasteiger partial charge is 0.481 e. The fourth-order valence-corrected chi connectivity index (χ4v) is 2.63. The van der Waals surface area contributed by atoms with Crippen molar-refractivity contribution >= 4 is 27.6 Å². The number of hydrogen-bond donors (Lipinski definition) is 1. The molecule has 0 aliphatic rings. The molecule has 2 aromatic rings. The molecule has 0 heterocycles. The number of nitrogens with zero attached hydrogens (tertiary/aromatic N) is 1. The quantitative estimate of drug-likeness (QED) is 0.658. The summed E-state index contributed by atoms with van der Waals surface area (Å²) in [6, 6.07) is 13.2. The third kappa shape index (κ3) is 3.66. The number of carboxylic acid groups (broad SMARTS) is 1. The Hall–Kier alpha value is -2.21. The van der Waals surface area contributed by atoms with Crippen molar-refractivity contribution in [3.05, 3.63) is 74.2 Å². The van der Waals surface area contributed by atoms with Gasteiger partial charge in [-0.2, -0.15) is 0 Å². The summed E-state index contributed by atoms with van der Waals surface area (Å²) in [4.78, 5) is 22.0. The summed E-state index contributed by atoms with van der Waals surface area (Å²) in [5.74, 6) is -2.04. The standard InChI is InChI=1S/C15H12BrNO4/c16-11-5-3-4-10(8-11)9-13(15(18)19)12-6-1-2-7-14(12)17(20)21/h1-8,13H,9H2,(H,18,19). The number of rotatable bonds is 5. The molecule has 2 rings (SSSR count). The number of halogens is 1. The fourth-order valence-electron chi connectivity index (χ4n) is 2.18. The third-order valence-electron chi connectivity index (χ3n) is 3.14. The molecule has 0 saturated heterocycles. The van der Waals surface area contributed by atoms with Crippen molar-refractivity contribution in [3.63, 3.8) is 0 Å². The van der Waals surface area contributed by atoms with Gasteiger partial charge in [-0.1, -0.05) is 46.3 Å². The lowest BCUT2D eigenvalue weighted by molar-refractivity contribution is -0.385. The van der Waals surface area contributed by atoms with Gasteiger partial charge in [0.15, 0.2) is 0 Å². The van der Waals surface area contributed by atoms with E-state index >= 15 is 0 Å². The smallest absolute Gasteiger partial charge is 0.311 e. The number of carbonyl (C=O) groups is 1. The van der Waals surface area contributed by atoms with Crippen LogP contribution in [-0.2, 0) is 11.2 Å². The van der Waals surface area contributed by atoms with E-state index < -0.39 is 16.8 Å². The van der Waals surface area contributed by atoms with Gasteiger partial charge in [0.1, 0.15) is 0 Å². The van der Waals surface area contributed by atoms with Crippen molar-refractivity contribution < 1.29 is 14.8 Å². The SMILES string of the molecule is O=C(O)C(Cc1cccc(Br)c1)c1ccccc1[N+](=O)[O-]. The number of nitro groups is 1. The van der Waals surface area contributed by atoms with Gasteiger partial charge in [-0.25, -0.2) is 0 Å². The highest BCUT2D eigenvalue weighted by Gasteiger charge is 2.27. The monoisotopic (exact) mass is 349 g/mol. The molecule has 1 unspecified atom stereocenters. The summed E-state index contributed by atoms with van der Waals surface area (Å²) in [6.45, 7) is 0. The molecule has 0 spiro atoms. The van der Waals surface area contributed by atoms with Gasteiger partial charge in [-0.15, -0.1) is 0 Å². The van der Waals surface area contributed by atoms with Gasteiger partial charge in [0, 0.05) is 16.1 Å². The zero-order valence-electron chi connectivity index (χ0n) is 10.9. The van der Waals surface area contributed by atoms with E-state index in [4.69, 9.17) is 0 Å². The van der Waals surface area contributed by atoms with Crippen molar-refractivity contribution in [3.8, 4) is 0 Å². The summed E-state index contributed by atoms with van der Waals surface area (Å²) < 4.78 is 0.840. The third-order valence-corrected chi connectivity index (χ3v) is 3.63. The van der Waals surface area contributed by atoms with Gasteiger partial charge in [0.2, 0.25) is 0 Å². The lowest BCUT2D eigenvalue weighted by Crippen LogP contribution is -2.16. The molecule has 0 aliphatic heterocycles. The molecule has 0 amide bonds. The van der Waals surface area contributed by atoms with Gasteiger partial charge in [0.25, 0.3) is 5.69 Å². The van der Waals surface area contributed by atoms with Crippen LogP contribution in [0.2, 0.25) is 0 Å². The highest BCUT2D eigenvalue weighted by Crippen LogP contribution is 2.30. The van der Waals surface area contributed by atoms with Crippen molar-refractivity contribution in [2.24, 2.45) is 0 Å². The van der Waals surface area contributed by atoms with E-state index in [1.54, 1.807) is 18.2 Å². The number of nitro benzene ring substituents is 1. The molecule has 0 fully saturated rings. The molecule has 1 atom stereocenters. The summed E-state index contributed by atoms with van der Waals surface area (Å²) in [7, 11) is 0. The lowest BCUT2D eigenvalue weighted by atomic mass is 9.91. The van der Waals surface area contributed by atoms with Crippen LogP contribution in [-0.4, -0.2) is 16.0 Å². The fraction of sp³-hybridized carbons (Fsp3) is 0.133. The molecule has 0 aliphatic carbocycles. The maximum atomic E-state index is 11.5. The average Bonchev–Trinajstić information content (AvgIpc) is 2.44. The molecule has 5 nitrogen and oxygen atoms in total. The second-order valence-corrected chi connectivity index (χ2v) is 5.46. The second kappa shape index (κ2) is 6.49. The van der Waals surface area contributed by atoms with E-state index in [-0.39, 0.29) is 17.7 Å². The Labute approximate surface area is 129 Å². The van der Waals surface area contributed by atoms with Crippen molar-refractivity contribution in [2.45, 2.75) is 12.3 Å². The minimum absolute atomic E-state index is 0.167. The highest BCUT2D eigenvalue weighted by molar-refractivity contribution is 9.10. The molecule has 1 N–H and O–H groups in total. The normalized spacial score (nSPS) is 11.9. The van der Waals surface area contributed by atoms with Gasteiger partial charge >= 0.3 is 5.97 Å². The Kier molecular flexibility index (Phi) is 4.70. The van der Waals surface area contributed by atoms with E-state index in [1.165, 1.54) is 18.2 Å². The van der Waals surface area contributed by atoms with Crippen LogP contribution in [0.5, 0.6) is 0 Å². The molecular weight excluding hydrogens is 338 g/mol. The molecule has 0 saturated carbocycles. The Bertz CT molecular complexity index is 687. The first-order valence-corrected chi connectivity index (χ1v) is 6.99. The predicted octanol–water partition coefficient (Wildman–Crippen LogP) is 3.77. The number of para-hydroxylation sites is 1. The first-order valence-electron chi connectivity index (χ1n) is 6.19. The number of hydrogen-bond acceptors (Lipinski definition) is 3. The Morgan fingerprint density at radius 1 is 1.24 bits per heavy atom. The van der Waals surface area contributed by atoms with Crippen LogP contribution < -0.4 is 0 Å². The Morgan fingerprint density at radius 2 is 1.95 bits per heavy atom. The number of aliphatic carboxylic acids is 1. The molecule has 2 aromatic carbocycles. The van der Waals surface area contributed by atoms with Crippen molar-refractivity contribution in [1.82, 2.24) is 0 Å². The molecular formula is C15H12BrNO4. The maximum absolute atomic E-state index is 11.5. The minimum atomic E-state index is -1.08. The molecule has 0 bridgehead atoms. The zero-order valence-corrected chi connectivity index (χ0v) is 12.5. The zero-order chi connectivity index (χ0) is 15.4. The van der Waals surface area contributed by atoms with Crippen LogP contribution in [0.15, 0.2) is 53.0 Å². The summed E-state index contributed by atoms with van der Waals surface area (Å²) in [6.07, 6.45) is 0.194. The van der Waals surface area contributed by atoms with E-state index in [1.807, 2.05) is 12.1 Å². The van der Waals surface area contributed by atoms with E-state index in [0.717, 1.165) is 10.0 Å². The minimum Gasteiger partial charge on any atom is -0.481 e. The molecule has 21 heavy (non-hydrogen) atoms. The predicted molar refractivity (Wildman–Crippen MR) is 81.3 cm³/mol. The molecule has 6 heteroatoms. The lowest BCUT2D eigenvalue weighted by Gasteiger charge is -2.13. The second-order valence-electron chi connectivity index (χ2n) is 4.54. The van der Waals surface area contributed by atoms with Crippen molar-refractivity contribution in [2.75, 3.05) is 0 Å². The Balaban J connectivity index is 2.41. The van der Waals surface area contributed by atoms with Crippen LogP contribution in [0.3, 0.4) is 0 Å². The highest BCUT2D eigenvalue weighted by atomic mass is 79.9. The summed E-state index contributed by atoms with van der Waals surface area (Å²) in [5, 5.41) is 20.5. The average molecular weight is 350 g/mol. The van der Waals surface area contributed by atoms with Crippen LogP contribution in [0.1, 0.15) is 17.0 Å². The van der Waals surface area contributed by atoms with Crippen LogP contribution in [0, 0.1) is 10.1 Å². The van der Waals surface area contributed by atoms with E-state index in [2.05, 4.69) is 15.9 Å². The molecule has 0 aromatic heterocycles. The van der Waals surface area contributed by atoms with Gasteiger partial charge in [0.05, 0.1) is 10.8 Å². The van der Waals surface area contributed by atoms with E-state index in [0.29, 0.717) is 0 Å². The first-order chi connectivity index (χ1) is 9.99. The maximum Gasteiger partial charge on any atom is 0.311 e. The van der Waals surface area contributed by atoms with Gasteiger partial charge < -0.3 is 5.11 Å². The summed E-state index contributed by atoms with van der Waals surface area (Å²) >= 11 is 3.33. The molecule has 108 valence electrons. The van der Waals surface area contributed by atoms with Crippen LogP contribution in [0.4, 0.5) is 5.69 Å². The summed E-state index contributed by atoms with van der Waals surface area (Å²) in [5.41, 5.74) is 0.852.